The third-order valence-electron chi connectivity index (χ3n) is 4.95. The molecule has 1 aromatic carbocycles. The number of nitrogens with one attached hydrogen (secondary N) is 1. The van der Waals surface area contributed by atoms with Crippen molar-refractivity contribution < 1.29 is 9.53 Å². The fraction of sp³-hybridized carbons (Fsp3) is 0.190. The van der Waals surface area contributed by atoms with Crippen LogP contribution >= 0.6 is 23.4 Å². The van der Waals surface area contributed by atoms with Gasteiger partial charge in [0, 0.05) is 22.8 Å². The Balaban J connectivity index is 1.77. The number of aryl methyl sites for hydroxylation is 1. The lowest BCUT2D eigenvalue weighted by molar-refractivity contribution is -0.114. The van der Waals surface area contributed by atoms with Crippen molar-refractivity contribution in [2.45, 2.75) is 20.8 Å². The van der Waals surface area contributed by atoms with Crippen LogP contribution in [0.25, 0.3) is 11.8 Å². The van der Waals surface area contributed by atoms with Crippen molar-refractivity contribution in [1.82, 2.24) is 9.47 Å². The summed E-state index contributed by atoms with van der Waals surface area (Å²) in [5, 5.41) is 11.5. The van der Waals surface area contributed by atoms with Crippen molar-refractivity contribution in [3.8, 4) is 11.4 Å². The molecule has 0 radical (unpaired) electrons. The molecule has 29 heavy (non-hydrogen) atoms. The molecule has 2 aliphatic rings. The number of rotatable bonds is 3. The molecule has 4 rings (SSSR count). The molecule has 0 spiro atoms. The van der Waals surface area contributed by atoms with E-state index in [0.29, 0.717) is 15.9 Å². The highest BCUT2D eigenvalue weighted by atomic mass is 35.5. The van der Waals surface area contributed by atoms with Crippen molar-refractivity contribution in [2.75, 3.05) is 7.11 Å². The number of methoxy groups -OCH3 is 1. The van der Waals surface area contributed by atoms with Crippen molar-refractivity contribution in [3.63, 3.8) is 0 Å². The molecule has 0 unspecified atom stereocenters. The molecule has 0 aliphatic carbocycles. The van der Waals surface area contributed by atoms with Crippen LogP contribution in [0.4, 0.5) is 0 Å². The molecular weight excluding hydrogens is 408 g/mol. The van der Waals surface area contributed by atoms with Crippen molar-refractivity contribution in [3.05, 3.63) is 62.9 Å². The Morgan fingerprint density at radius 1 is 1.24 bits per heavy atom. The Hall–Kier alpha value is -2.77. The minimum atomic E-state index is -0.394. The van der Waals surface area contributed by atoms with Crippen LogP contribution in [0.3, 0.4) is 0 Å². The van der Waals surface area contributed by atoms with Gasteiger partial charge >= 0.3 is 0 Å². The second-order valence-corrected chi connectivity index (χ2v) is 8.04. The predicted octanol–water partition coefficient (Wildman–Crippen LogP) is 4.92. The second-order valence-electron chi connectivity index (χ2n) is 6.80. The Labute approximate surface area is 178 Å². The number of amides is 1. The number of benzene rings is 1. The number of allylic oxidation sites excluding steroid dienone is 1. The average Bonchev–Trinajstić information content (AvgIpc) is 3.17. The molecule has 3 heterocycles. The number of aliphatic imine (C=N–C) groups is 1. The van der Waals surface area contributed by atoms with Gasteiger partial charge in [0.15, 0.2) is 5.17 Å². The van der Waals surface area contributed by atoms with Crippen LogP contribution in [0, 0.1) is 19.3 Å². The maximum atomic E-state index is 12.5. The molecule has 1 amide bonds. The zero-order valence-corrected chi connectivity index (χ0v) is 18.0. The van der Waals surface area contributed by atoms with E-state index in [1.165, 1.54) is 11.8 Å². The zero-order chi connectivity index (χ0) is 20.9. The number of hydrogen-bond donors (Lipinski definition) is 1. The first-order chi connectivity index (χ1) is 13.8. The molecule has 0 bridgehead atoms. The molecule has 148 valence electrons. The first-order valence-corrected chi connectivity index (χ1v) is 10.2. The summed E-state index contributed by atoms with van der Waals surface area (Å²) in [4.78, 5) is 18.4. The number of carbonyl (C=O) groups excluding carboxylic acids is 1. The minimum absolute atomic E-state index is 0.149. The van der Waals surface area contributed by atoms with E-state index in [0.717, 1.165) is 28.3 Å². The number of nitrogens with zero attached hydrogens (tertiary/aromatic N) is 3. The van der Waals surface area contributed by atoms with Crippen LogP contribution < -0.4 is 4.74 Å². The third-order valence-corrected chi connectivity index (χ3v) is 6.19. The third kappa shape index (κ3) is 3.20. The van der Waals surface area contributed by atoms with Crippen molar-refractivity contribution in [1.29, 1.82) is 5.41 Å². The molecule has 0 atom stereocenters. The fourth-order valence-corrected chi connectivity index (χ4v) is 4.63. The molecular formula is C21H19ClN4O2S. The molecule has 2 aliphatic heterocycles. The molecule has 0 fully saturated rings. The Morgan fingerprint density at radius 3 is 2.69 bits per heavy atom. The molecule has 0 saturated carbocycles. The summed E-state index contributed by atoms with van der Waals surface area (Å²) in [6.07, 6.45) is 1.74. The van der Waals surface area contributed by atoms with Gasteiger partial charge in [-0.1, -0.05) is 23.4 Å². The molecule has 6 nitrogen and oxygen atoms in total. The number of fused-ring (bicyclic) bond motifs is 1. The van der Waals surface area contributed by atoms with E-state index in [4.69, 9.17) is 21.7 Å². The van der Waals surface area contributed by atoms with E-state index >= 15 is 0 Å². The summed E-state index contributed by atoms with van der Waals surface area (Å²) in [7, 11) is 1.58. The number of hydrogen-bond acceptors (Lipinski definition) is 4. The van der Waals surface area contributed by atoms with Gasteiger partial charge in [0.2, 0.25) is 0 Å². The highest BCUT2D eigenvalue weighted by molar-refractivity contribution is 8.16. The monoisotopic (exact) mass is 426 g/mol. The van der Waals surface area contributed by atoms with Gasteiger partial charge in [-0.2, -0.15) is 4.99 Å². The summed E-state index contributed by atoms with van der Waals surface area (Å²) in [5.41, 5.74) is 4.84. The van der Waals surface area contributed by atoms with Crippen LogP contribution in [0.5, 0.6) is 5.75 Å². The van der Waals surface area contributed by atoms with Gasteiger partial charge in [-0.05, 0) is 62.1 Å². The van der Waals surface area contributed by atoms with Crippen LogP contribution in [-0.2, 0) is 4.79 Å². The van der Waals surface area contributed by atoms with Gasteiger partial charge in [0.1, 0.15) is 11.6 Å². The van der Waals surface area contributed by atoms with E-state index < -0.39 is 5.91 Å². The summed E-state index contributed by atoms with van der Waals surface area (Å²) < 4.78 is 7.29. The summed E-state index contributed by atoms with van der Waals surface area (Å²) in [5.74, 6) is 0.368. The van der Waals surface area contributed by atoms with Gasteiger partial charge in [0.25, 0.3) is 5.91 Å². The van der Waals surface area contributed by atoms with Gasteiger partial charge in [-0.15, -0.1) is 0 Å². The predicted molar refractivity (Wildman–Crippen MR) is 118 cm³/mol. The van der Waals surface area contributed by atoms with Crippen molar-refractivity contribution in [2.24, 2.45) is 4.99 Å². The van der Waals surface area contributed by atoms with Gasteiger partial charge < -0.3 is 9.30 Å². The van der Waals surface area contributed by atoms with E-state index in [1.54, 1.807) is 18.1 Å². The van der Waals surface area contributed by atoms with E-state index in [2.05, 4.69) is 9.56 Å². The van der Waals surface area contributed by atoms with Gasteiger partial charge in [-0.3, -0.25) is 15.1 Å². The first kappa shape index (κ1) is 19.5. The number of carbonyl (C=O) groups is 1. The molecule has 8 heteroatoms. The largest absolute Gasteiger partial charge is 0.495 e. The summed E-state index contributed by atoms with van der Waals surface area (Å²) in [6.45, 7) is 5.86. The van der Waals surface area contributed by atoms with E-state index in [1.807, 2.05) is 50.4 Å². The maximum absolute atomic E-state index is 12.5. The minimum Gasteiger partial charge on any atom is -0.495 e. The van der Waals surface area contributed by atoms with Crippen LogP contribution in [0.2, 0.25) is 5.02 Å². The van der Waals surface area contributed by atoms with Crippen LogP contribution in [0.1, 0.15) is 23.9 Å². The first-order valence-electron chi connectivity index (χ1n) is 8.92. The number of ether oxygens (including phenoxy) is 1. The standard InChI is InChI=1S/C21H19ClN4O2S/c1-11-7-14(13(3)25(11)15-5-6-18(28-4)17(22)9-15)8-16-19(23)26-12(2)10-29-21(26)24-20(16)27/h5-10,23H,1-4H3/b16-8-,23-19?. The Morgan fingerprint density at radius 2 is 2.00 bits per heavy atom. The van der Waals surface area contributed by atoms with Crippen molar-refractivity contribution >= 4 is 46.3 Å². The Bertz CT molecular complexity index is 1160. The fourth-order valence-electron chi connectivity index (χ4n) is 3.52. The highest BCUT2D eigenvalue weighted by Crippen LogP contribution is 2.33. The molecule has 2 aromatic rings. The lowest BCUT2D eigenvalue weighted by Gasteiger charge is -2.25. The molecule has 1 N–H and O–H groups in total. The number of amidine groups is 2. The number of halogens is 1. The van der Waals surface area contributed by atoms with Gasteiger partial charge in [-0.25, -0.2) is 0 Å². The lowest BCUT2D eigenvalue weighted by atomic mass is 10.1. The van der Waals surface area contributed by atoms with E-state index in [-0.39, 0.29) is 11.4 Å². The van der Waals surface area contributed by atoms with Crippen LogP contribution in [-0.4, -0.2) is 33.5 Å². The Kier molecular flexibility index (Phi) is 4.88. The lowest BCUT2D eigenvalue weighted by Crippen LogP contribution is -2.37. The quantitative estimate of drug-likeness (QED) is 0.707. The smallest absolute Gasteiger partial charge is 0.283 e. The number of aromatic nitrogens is 1. The highest BCUT2D eigenvalue weighted by Gasteiger charge is 2.34. The normalized spacial score (nSPS) is 17.6. The second kappa shape index (κ2) is 7.24. The summed E-state index contributed by atoms with van der Waals surface area (Å²) >= 11 is 7.66. The number of thioether (sulfide) groups is 1. The maximum Gasteiger partial charge on any atom is 0.283 e. The topological polar surface area (TPSA) is 70.7 Å². The van der Waals surface area contributed by atoms with Gasteiger partial charge in [0.05, 0.1) is 17.7 Å². The average molecular weight is 427 g/mol. The molecule has 0 saturated heterocycles. The molecule has 1 aromatic heterocycles. The van der Waals surface area contributed by atoms with E-state index in [9.17, 15) is 4.79 Å². The van der Waals surface area contributed by atoms with Crippen LogP contribution in [0.15, 0.2) is 45.9 Å². The zero-order valence-electron chi connectivity index (χ0n) is 16.4. The summed E-state index contributed by atoms with van der Waals surface area (Å²) in [6, 6.07) is 7.59. The SMILES string of the molecule is COc1ccc(-n2c(C)cc(/C=C3/C(=N)N4C(C)=CSC4=NC3=O)c2C)cc1Cl.